The Balaban J connectivity index is 1.69. The van der Waals surface area contributed by atoms with Gasteiger partial charge in [-0.3, -0.25) is 15.0 Å². The van der Waals surface area contributed by atoms with Crippen molar-refractivity contribution in [3.05, 3.63) is 33.9 Å². The number of benzene rings is 1. The standard InChI is InChI=1S/C16H23N3O5S/c1-24-11-13-10-14(19(20)21)2-3-16(13)18-7-5-17(6-8-18)15-4-9-25(22,23)12-15/h2-3,10,15H,4-9,11-12H2,1H3. The van der Waals surface area contributed by atoms with Gasteiger partial charge in [-0.05, 0) is 12.5 Å². The normalized spacial score (nSPS) is 23.7. The quantitative estimate of drug-likeness (QED) is 0.566. The summed E-state index contributed by atoms with van der Waals surface area (Å²) >= 11 is 0. The third-order valence-electron chi connectivity index (χ3n) is 4.95. The Morgan fingerprint density at radius 3 is 2.56 bits per heavy atom. The minimum Gasteiger partial charge on any atom is -0.380 e. The SMILES string of the molecule is COCc1cc([N+](=O)[O-])ccc1N1CCN(C2CCS(=O)(=O)C2)CC1. The fourth-order valence-electron chi connectivity index (χ4n) is 3.66. The number of piperazine rings is 1. The summed E-state index contributed by atoms with van der Waals surface area (Å²) in [6, 6.07) is 4.99. The van der Waals surface area contributed by atoms with Gasteiger partial charge in [0.15, 0.2) is 9.84 Å². The van der Waals surface area contributed by atoms with E-state index in [1.165, 1.54) is 6.07 Å². The number of ether oxygens (including phenoxy) is 1. The van der Waals surface area contributed by atoms with Crippen molar-refractivity contribution in [3.63, 3.8) is 0 Å². The van der Waals surface area contributed by atoms with Gasteiger partial charge in [0.2, 0.25) is 0 Å². The van der Waals surface area contributed by atoms with Crippen LogP contribution in [0.5, 0.6) is 0 Å². The monoisotopic (exact) mass is 369 g/mol. The van der Waals surface area contributed by atoms with Gasteiger partial charge in [-0.2, -0.15) is 0 Å². The lowest BCUT2D eigenvalue weighted by molar-refractivity contribution is -0.384. The summed E-state index contributed by atoms with van der Waals surface area (Å²) in [6.45, 7) is 3.45. The lowest BCUT2D eigenvalue weighted by Gasteiger charge is -2.39. The molecule has 9 heteroatoms. The number of anilines is 1. The molecular formula is C16H23N3O5S. The van der Waals surface area contributed by atoms with Gasteiger partial charge in [0.25, 0.3) is 5.69 Å². The van der Waals surface area contributed by atoms with Crippen molar-refractivity contribution in [2.75, 3.05) is 49.7 Å². The van der Waals surface area contributed by atoms with E-state index in [0.717, 1.165) is 43.9 Å². The molecule has 2 heterocycles. The van der Waals surface area contributed by atoms with Crippen molar-refractivity contribution in [1.82, 2.24) is 4.90 Å². The maximum atomic E-state index is 11.7. The Morgan fingerprint density at radius 1 is 1.28 bits per heavy atom. The van der Waals surface area contributed by atoms with E-state index in [9.17, 15) is 18.5 Å². The first kappa shape index (κ1) is 18.1. The zero-order chi connectivity index (χ0) is 18.0. The number of rotatable bonds is 5. The van der Waals surface area contributed by atoms with Crippen molar-refractivity contribution in [1.29, 1.82) is 0 Å². The molecule has 0 N–H and O–H groups in total. The van der Waals surface area contributed by atoms with E-state index in [2.05, 4.69) is 9.80 Å². The Bertz CT molecular complexity index is 744. The van der Waals surface area contributed by atoms with Gasteiger partial charge in [0, 0.05) is 62.7 Å². The van der Waals surface area contributed by atoms with Crippen LogP contribution in [0, 0.1) is 10.1 Å². The maximum absolute atomic E-state index is 11.7. The van der Waals surface area contributed by atoms with Crippen LogP contribution in [-0.4, -0.2) is 69.1 Å². The molecule has 0 bridgehead atoms. The van der Waals surface area contributed by atoms with Crippen molar-refractivity contribution in [2.24, 2.45) is 0 Å². The van der Waals surface area contributed by atoms with E-state index in [4.69, 9.17) is 4.74 Å². The van der Waals surface area contributed by atoms with Crippen molar-refractivity contribution >= 4 is 21.2 Å². The zero-order valence-corrected chi connectivity index (χ0v) is 15.1. The molecule has 2 aliphatic rings. The maximum Gasteiger partial charge on any atom is 0.269 e. The van der Waals surface area contributed by atoms with Gasteiger partial charge in [0.05, 0.1) is 23.0 Å². The number of hydrogen-bond acceptors (Lipinski definition) is 7. The number of nitro benzene ring substituents is 1. The van der Waals surface area contributed by atoms with Crippen LogP contribution in [0.4, 0.5) is 11.4 Å². The predicted molar refractivity (Wildman–Crippen MR) is 94.7 cm³/mol. The number of non-ortho nitro benzene ring substituents is 1. The summed E-state index contributed by atoms with van der Waals surface area (Å²) in [5.74, 6) is 0.553. The molecule has 138 valence electrons. The number of hydrogen-bond donors (Lipinski definition) is 0. The van der Waals surface area contributed by atoms with Crippen LogP contribution < -0.4 is 4.90 Å². The van der Waals surface area contributed by atoms with Crippen LogP contribution in [0.2, 0.25) is 0 Å². The summed E-state index contributed by atoms with van der Waals surface area (Å²) in [5.41, 5.74) is 1.81. The Hall–Kier alpha value is -1.71. The number of sulfone groups is 1. The predicted octanol–water partition coefficient (Wildman–Crippen LogP) is 1.05. The van der Waals surface area contributed by atoms with Gasteiger partial charge in [0.1, 0.15) is 0 Å². The zero-order valence-electron chi connectivity index (χ0n) is 14.3. The van der Waals surface area contributed by atoms with E-state index in [-0.39, 0.29) is 23.2 Å². The molecule has 0 amide bonds. The van der Waals surface area contributed by atoms with Gasteiger partial charge in [-0.25, -0.2) is 8.42 Å². The van der Waals surface area contributed by atoms with Gasteiger partial charge >= 0.3 is 0 Å². The minimum atomic E-state index is -2.87. The van der Waals surface area contributed by atoms with Crippen LogP contribution in [0.1, 0.15) is 12.0 Å². The van der Waals surface area contributed by atoms with Crippen molar-refractivity contribution < 1.29 is 18.1 Å². The van der Waals surface area contributed by atoms with Gasteiger partial charge in [-0.15, -0.1) is 0 Å². The summed E-state index contributed by atoms with van der Waals surface area (Å²) in [7, 11) is -1.30. The lowest BCUT2D eigenvalue weighted by atomic mass is 10.1. The number of methoxy groups -OCH3 is 1. The van der Waals surface area contributed by atoms with Crippen LogP contribution in [-0.2, 0) is 21.2 Å². The molecule has 1 aromatic rings. The molecule has 25 heavy (non-hydrogen) atoms. The molecule has 3 rings (SSSR count). The van der Waals surface area contributed by atoms with Crippen LogP contribution >= 0.6 is 0 Å². The Morgan fingerprint density at radius 2 is 2.00 bits per heavy atom. The van der Waals surface area contributed by atoms with Crippen LogP contribution in [0.15, 0.2) is 18.2 Å². The fourth-order valence-corrected chi connectivity index (χ4v) is 5.42. The third-order valence-corrected chi connectivity index (χ3v) is 6.70. The molecule has 0 spiro atoms. The summed E-state index contributed by atoms with van der Waals surface area (Å²) in [5, 5.41) is 11.0. The smallest absolute Gasteiger partial charge is 0.269 e. The Labute approximate surface area is 147 Å². The topological polar surface area (TPSA) is 93.0 Å². The molecule has 1 atom stereocenters. The Kier molecular flexibility index (Phi) is 5.26. The minimum absolute atomic E-state index is 0.0607. The molecular weight excluding hydrogens is 346 g/mol. The fraction of sp³-hybridized carbons (Fsp3) is 0.625. The van der Waals surface area contributed by atoms with E-state index < -0.39 is 14.8 Å². The van der Waals surface area contributed by atoms with Gasteiger partial charge in [-0.1, -0.05) is 0 Å². The second-order valence-electron chi connectivity index (χ2n) is 6.58. The number of nitro groups is 1. The highest BCUT2D eigenvalue weighted by Crippen LogP contribution is 2.28. The average Bonchev–Trinajstić information content (AvgIpc) is 2.95. The number of nitrogens with zero attached hydrogens (tertiary/aromatic N) is 3. The van der Waals surface area contributed by atoms with Crippen molar-refractivity contribution in [3.8, 4) is 0 Å². The molecule has 0 saturated carbocycles. The van der Waals surface area contributed by atoms with Crippen LogP contribution in [0.25, 0.3) is 0 Å². The molecule has 0 radical (unpaired) electrons. The second kappa shape index (κ2) is 7.27. The summed E-state index contributed by atoms with van der Waals surface area (Å²) in [4.78, 5) is 15.0. The molecule has 0 aliphatic carbocycles. The highest BCUT2D eigenvalue weighted by molar-refractivity contribution is 7.91. The summed E-state index contributed by atoms with van der Waals surface area (Å²) < 4.78 is 28.5. The van der Waals surface area contributed by atoms with E-state index in [1.807, 2.05) is 0 Å². The highest BCUT2D eigenvalue weighted by Gasteiger charge is 2.34. The van der Waals surface area contributed by atoms with Crippen LogP contribution in [0.3, 0.4) is 0 Å². The molecule has 2 aliphatic heterocycles. The third kappa shape index (κ3) is 4.10. The molecule has 1 aromatic carbocycles. The van der Waals surface area contributed by atoms with E-state index in [0.29, 0.717) is 6.61 Å². The van der Waals surface area contributed by atoms with Crippen molar-refractivity contribution in [2.45, 2.75) is 19.1 Å². The largest absolute Gasteiger partial charge is 0.380 e. The molecule has 8 nitrogen and oxygen atoms in total. The molecule has 1 unspecified atom stereocenters. The molecule has 0 aromatic heterocycles. The van der Waals surface area contributed by atoms with E-state index >= 15 is 0 Å². The lowest BCUT2D eigenvalue weighted by Crippen LogP contribution is -2.51. The first-order chi connectivity index (χ1) is 11.9. The first-order valence-electron chi connectivity index (χ1n) is 8.35. The highest BCUT2D eigenvalue weighted by atomic mass is 32.2. The van der Waals surface area contributed by atoms with Gasteiger partial charge < -0.3 is 9.64 Å². The van der Waals surface area contributed by atoms with E-state index in [1.54, 1.807) is 19.2 Å². The first-order valence-corrected chi connectivity index (χ1v) is 10.2. The molecule has 2 saturated heterocycles. The molecule has 2 fully saturated rings. The average molecular weight is 369 g/mol. The second-order valence-corrected chi connectivity index (χ2v) is 8.81. The summed E-state index contributed by atoms with van der Waals surface area (Å²) in [6.07, 6.45) is 0.717.